The average Bonchev–Trinajstić information content (AvgIpc) is 3.17. The number of carbonyl (C=O) groups is 3. The van der Waals surface area contributed by atoms with Crippen LogP contribution in [0, 0.1) is 5.82 Å². The number of carbonyl (C=O) groups excluding carboxylic acids is 3. The number of rotatable bonds is 5. The van der Waals surface area contributed by atoms with Crippen molar-refractivity contribution >= 4 is 41.0 Å². The zero-order valence-corrected chi connectivity index (χ0v) is 16.8. The maximum atomic E-state index is 13.9. The summed E-state index contributed by atoms with van der Waals surface area (Å²) < 4.78 is 18.8. The lowest BCUT2D eigenvalue weighted by atomic mass is 10.1. The van der Waals surface area contributed by atoms with Crippen LogP contribution in [0.4, 0.5) is 20.6 Å². The fraction of sp³-hybridized carbons (Fsp3) is 0.286. The summed E-state index contributed by atoms with van der Waals surface area (Å²) in [7, 11) is 0. The fourth-order valence-electron chi connectivity index (χ4n) is 3.36. The molecule has 0 aromatic heterocycles. The van der Waals surface area contributed by atoms with Crippen molar-refractivity contribution in [1.29, 1.82) is 0 Å². The van der Waals surface area contributed by atoms with E-state index in [0.717, 1.165) is 0 Å². The zero-order chi connectivity index (χ0) is 21.1. The van der Waals surface area contributed by atoms with Crippen LogP contribution in [0.5, 0.6) is 0 Å². The zero-order valence-electron chi connectivity index (χ0n) is 16.0. The Labute approximate surface area is 177 Å². The van der Waals surface area contributed by atoms with E-state index in [4.69, 9.17) is 4.74 Å². The van der Waals surface area contributed by atoms with Crippen molar-refractivity contribution in [3.8, 4) is 0 Å². The van der Waals surface area contributed by atoms with Gasteiger partial charge in [-0.15, -0.1) is 11.8 Å². The molecule has 0 aliphatic carbocycles. The number of halogens is 1. The highest BCUT2D eigenvalue weighted by molar-refractivity contribution is 8.00. The minimum atomic E-state index is -0.695. The normalized spacial score (nSPS) is 21.2. The SMILES string of the molecule is O=C(Nc1cccc(N2CCOC2=O)c1)[C@@H]1CS[C@@H](Cc2ccccc2F)C(=O)N1. The van der Waals surface area contributed by atoms with Crippen LogP contribution in [0.2, 0.25) is 0 Å². The second-order valence-electron chi connectivity index (χ2n) is 6.98. The van der Waals surface area contributed by atoms with Crippen LogP contribution in [0.1, 0.15) is 5.56 Å². The van der Waals surface area contributed by atoms with E-state index in [1.807, 2.05) is 0 Å². The van der Waals surface area contributed by atoms with Crippen molar-refractivity contribution in [1.82, 2.24) is 5.32 Å². The topological polar surface area (TPSA) is 87.7 Å². The second kappa shape index (κ2) is 8.74. The van der Waals surface area contributed by atoms with Crippen molar-refractivity contribution in [2.75, 3.05) is 29.1 Å². The lowest BCUT2D eigenvalue weighted by Gasteiger charge is -2.28. The first kappa shape index (κ1) is 20.2. The minimum Gasteiger partial charge on any atom is -0.447 e. The van der Waals surface area contributed by atoms with E-state index in [2.05, 4.69) is 10.6 Å². The Hall–Kier alpha value is -3.07. The highest BCUT2D eigenvalue weighted by Crippen LogP contribution is 2.25. The van der Waals surface area contributed by atoms with Crippen molar-refractivity contribution in [3.05, 3.63) is 59.9 Å². The van der Waals surface area contributed by atoms with E-state index in [9.17, 15) is 18.8 Å². The number of thioether (sulfide) groups is 1. The van der Waals surface area contributed by atoms with E-state index in [1.165, 1.54) is 22.7 Å². The van der Waals surface area contributed by atoms with Gasteiger partial charge in [0.1, 0.15) is 18.5 Å². The summed E-state index contributed by atoms with van der Waals surface area (Å²) in [5.74, 6) is -0.591. The van der Waals surface area contributed by atoms with Gasteiger partial charge in [0.05, 0.1) is 11.8 Å². The number of hydrogen-bond donors (Lipinski definition) is 2. The van der Waals surface area contributed by atoms with E-state index >= 15 is 0 Å². The third-order valence-electron chi connectivity index (χ3n) is 4.94. The molecule has 30 heavy (non-hydrogen) atoms. The first-order chi connectivity index (χ1) is 14.5. The van der Waals surface area contributed by atoms with Crippen molar-refractivity contribution < 1.29 is 23.5 Å². The summed E-state index contributed by atoms with van der Waals surface area (Å²) in [5, 5.41) is 5.05. The Bertz CT molecular complexity index is 986. The van der Waals surface area contributed by atoms with Gasteiger partial charge in [0.25, 0.3) is 0 Å². The van der Waals surface area contributed by atoms with E-state index in [-0.39, 0.29) is 24.1 Å². The molecule has 2 heterocycles. The number of hydrogen-bond acceptors (Lipinski definition) is 5. The van der Waals surface area contributed by atoms with Gasteiger partial charge in [-0.05, 0) is 36.2 Å². The van der Waals surface area contributed by atoms with Gasteiger partial charge in [-0.2, -0.15) is 0 Å². The molecule has 2 aromatic carbocycles. The Morgan fingerprint density at radius 3 is 2.80 bits per heavy atom. The standard InChI is InChI=1S/C21H20FN3O4S/c22-16-7-2-1-4-13(16)10-18-20(27)24-17(12-30-18)19(26)23-14-5-3-6-15(11-14)25-8-9-29-21(25)28/h1-7,11,17-18H,8-10,12H2,(H,23,26)(H,24,27)/t17-,18-/m0/s1. The van der Waals surface area contributed by atoms with Crippen LogP contribution in [0.3, 0.4) is 0 Å². The van der Waals surface area contributed by atoms with Crippen LogP contribution in [0.25, 0.3) is 0 Å². The number of nitrogens with zero attached hydrogens (tertiary/aromatic N) is 1. The monoisotopic (exact) mass is 429 g/mol. The summed E-state index contributed by atoms with van der Waals surface area (Å²) in [6.07, 6.45) is -0.152. The quantitative estimate of drug-likeness (QED) is 0.763. The van der Waals surface area contributed by atoms with Gasteiger partial charge in [0.2, 0.25) is 11.8 Å². The number of amides is 3. The van der Waals surface area contributed by atoms with Crippen LogP contribution >= 0.6 is 11.8 Å². The number of benzene rings is 2. The molecule has 0 saturated carbocycles. The number of nitrogens with one attached hydrogen (secondary N) is 2. The van der Waals surface area contributed by atoms with Crippen LogP contribution in [0.15, 0.2) is 48.5 Å². The summed E-state index contributed by atoms with van der Waals surface area (Å²) in [6.45, 7) is 0.781. The Morgan fingerprint density at radius 2 is 2.07 bits per heavy atom. The maximum Gasteiger partial charge on any atom is 0.414 e. The highest BCUT2D eigenvalue weighted by atomic mass is 32.2. The van der Waals surface area contributed by atoms with Crippen LogP contribution in [-0.2, 0) is 20.7 Å². The van der Waals surface area contributed by atoms with Gasteiger partial charge >= 0.3 is 6.09 Å². The van der Waals surface area contributed by atoms with Gasteiger partial charge in [-0.1, -0.05) is 24.3 Å². The number of cyclic esters (lactones) is 1. The van der Waals surface area contributed by atoms with Crippen molar-refractivity contribution in [2.24, 2.45) is 0 Å². The second-order valence-corrected chi connectivity index (χ2v) is 8.22. The third-order valence-corrected chi connectivity index (χ3v) is 6.25. The largest absolute Gasteiger partial charge is 0.447 e. The van der Waals surface area contributed by atoms with Gasteiger partial charge in [-0.3, -0.25) is 14.5 Å². The summed E-state index contributed by atoms with van der Waals surface area (Å²) >= 11 is 1.34. The van der Waals surface area contributed by atoms with Crippen molar-refractivity contribution in [2.45, 2.75) is 17.7 Å². The number of ether oxygens (including phenoxy) is 1. The number of anilines is 2. The molecule has 156 valence electrons. The third kappa shape index (κ3) is 4.40. The summed E-state index contributed by atoms with van der Waals surface area (Å²) in [4.78, 5) is 38.3. The Kier molecular flexibility index (Phi) is 5.89. The first-order valence-corrected chi connectivity index (χ1v) is 10.6. The Morgan fingerprint density at radius 1 is 1.23 bits per heavy atom. The predicted octanol–water partition coefficient (Wildman–Crippen LogP) is 2.56. The highest BCUT2D eigenvalue weighted by Gasteiger charge is 2.33. The van der Waals surface area contributed by atoms with E-state index < -0.39 is 17.4 Å². The molecule has 0 unspecified atom stereocenters. The van der Waals surface area contributed by atoms with Gasteiger partial charge in [0, 0.05) is 17.1 Å². The lowest BCUT2D eigenvalue weighted by Crippen LogP contribution is -2.52. The fourth-order valence-corrected chi connectivity index (χ4v) is 4.54. The maximum absolute atomic E-state index is 13.9. The average molecular weight is 429 g/mol. The predicted molar refractivity (Wildman–Crippen MR) is 112 cm³/mol. The van der Waals surface area contributed by atoms with E-state index in [0.29, 0.717) is 35.8 Å². The summed E-state index contributed by atoms with van der Waals surface area (Å²) in [6, 6.07) is 12.6. The molecule has 2 atom stereocenters. The van der Waals surface area contributed by atoms with Crippen molar-refractivity contribution in [3.63, 3.8) is 0 Å². The van der Waals surface area contributed by atoms with E-state index in [1.54, 1.807) is 42.5 Å². The first-order valence-electron chi connectivity index (χ1n) is 9.52. The molecule has 0 radical (unpaired) electrons. The molecule has 2 saturated heterocycles. The molecular weight excluding hydrogens is 409 g/mol. The van der Waals surface area contributed by atoms with Gasteiger partial charge in [0.15, 0.2) is 0 Å². The minimum absolute atomic E-state index is 0.269. The molecule has 2 aliphatic rings. The van der Waals surface area contributed by atoms with Gasteiger partial charge < -0.3 is 15.4 Å². The molecule has 9 heteroatoms. The summed E-state index contributed by atoms with van der Waals surface area (Å²) in [5.41, 5.74) is 1.62. The molecule has 2 aliphatic heterocycles. The Balaban J connectivity index is 1.36. The van der Waals surface area contributed by atoms with Gasteiger partial charge in [-0.25, -0.2) is 9.18 Å². The molecule has 4 rings (SSSR count). The molecular formula is C21H20FN3O4S. The molecule has 2 aromatic rings. The van der Waals surface area contributed by atoms with Crippen LogP contribution in [-0.4, -0.2) is 48.1 Å². The smallest absolute Gasteiger partial charge is 0.414 e. The molecule has 2 N–H and O–H groups in total. The van der Waals surface area contributed by atoms with Crippen LogP contribution < -0.4 is 15.5 Å². The lowest BCUT2D eigenvalue weighted by molar-refractivity contribution is -0.126. The molecule has 7 nitrogen and oxygen atoms in total. The molecule has 3 amide bonds. The molecule has 2 fully saturated rings. The molecule has 0 spiro atoms. The molecule has 0 bridgehead atoms.